The molecule has 1 N–H and O–H groups in total. The second-order valence-electron chi connectivity index (χ2n) is 11.5. The third-order valence-corrected chi connectivity index (χ3v) is 9.49. The van der Waals surface area contributed by atoms with Crippen LogP contribution < -0.4 is 19.9 Å². The van der Waals surface area contributed by atoms with Crippen LogP contribution in [0.25, 0.3) is 11.3 Å². The summed E-state index contributed by atoms with van der Waals surface area (Å²) in [5.41, 5.74) is 1.11. The summed E-state index contributed by atoms with van der Waals surface area (Å²) in [5, 5.41) is 2.69. The van der Waals surface area contributed by atoms with Crippen LogP contribution in [-0.4, -0.2) is 66.2 Å². The summed E-state index contributed by atoms with van der Waals surface area (Å²) in [6.45, 7) is 9.80. The van der Waals surface area contributed by atoms with Crippen LogP contribution in [0, 0.1) is 11.6 Å². The van der Waals surface area contributed by atoms with E-state index < -0.39 is 27.1 Å². The number of fused-ring (bicyclic) bond motifs is 1. The molecule has 41 heavy (non-hydrogen) atoms. The number of halogens is 2. The first-order valence-electron chi connectivity index (χ1n) is 13.8. The molecule has 3 aromatic rings. The zero-order valence-electron chi connectivity index (χ0n) is 24.0. The average molecular weight is 587 g/mol. The Morgan fingerprint density at radius 1 is 1.12 bits per heavy atom. The molecule has 1 fully saturated rings. The fourth-order valence-electron chi connectivity index (χ4n) is 5.38. The number of benzene rings is 1. The standard InChI is InChI=1S/C29H36F2N6O3S/c1-6-18(2)37-17-29(3,4)40-27-22(30)13-19(14-24(27)37)26-23(31)16-33-28(35-26)34-25-8-7-20(15-32-25)36-11-9-21(10-12-36)41(5,38)39/h7-8,13-16,18,21H,6,9-12,17H2,1-5H3,(H,32,33,34,35). The molecule has 2 aliphatic heterocycles. The highest BCUT2D eigenvalue weighted by molar-refractivity contribution is 7.91. The number of nitrogens with one attached hydrogen (secondary N) is 1. The molecule has 0 radical (unpaired) electrons. The van der Waals surface area contributed by atoms with E-state index in [1.165, 1.54) is 12.3 Å². The van der Waals surface area contributed by atoms with Crippen molar-refractivity contribution in [3.8, 4) is 17.0 Å². The number of piperidine rings is 1. The Morgan fingerprint density at radius 2 is 1.85 bits per heavy atom. The topological polar surface area (TPSA) is 101 Å². The van der Waals surface area contributed by atoms with Crippen molar-refractivity contribution in [2.24, 2.45) is 0 Å². The van der Waals surface area contributed by atoms with E-state index >= 15 is 4.39 Å². The van der Waals surface area contributed by atoms with Gasteiger partial charge in [0, 0.05) is 31.0 Å². The van der Waals surface area contributed by atoms with Gasteiger partial charge in [-0.3, -0.25) is 0 Å². The van der Waals surface area contributed by atoms with Gasteiger partial charge in [-0.25, -0.2) is 32.2 Å². The number of hydrogen-bond donors (Lipinski definition) is 1. The lowest BCUT2D eigenvalue weighted by molar-refractivity contribution is 0.0960. The maximum absolute atomic E-state index is 15.4. The van der Waals surface area contributed by atoms with Crippen molar-refractivity contribution in [2.75, 3.05) is 41.0 Å². The Labute approximate surface area is 239 Å². The van der Waals surface area contributed by atoms with Crippen LogP contribution in [0.2, 0.25) is 0 Å². The summed E-state index contributed by atoms with van der Waals surface area (Å²) in [4.78, 5) is 17.0. The Kier molecular flexibility index (Phi) is 7.80. The Balaban J connectivity index is 1.37. The summed E-state index contributed by atoms with van der Waals surface area (Å²) in [6.07, 6.45) is 6.03. The third kappa shape index (κ3) is 6.22. The Morgan fingerprint density at radius 3 is 2.49 bits per heavy atom. The van der Waals surface area contributed by atoms with Crippen molar-refractivity contribution in [2.45, 2.75) is 63.9 Å². The average Bonchev–Trinajstić information content (AvgIpc) is 2.93. The van der Waals surface area contributed by atoms with E-state index in [1.807, 2.05) is 19.9 Å². The molecule has 0 saturated carbocycles. The second-order valence-corrected chi connectivity index (χ2v) is 13.8. The minimum atomic E-state index is -3.04. The molecule has 220 valence electrons. The van der Waals surface area contributed by atoms with Gasteiger partial charge < -0.3 is 19.9 Å². The van der Waals surface area contributed by atoms with Crippen molar-refractivity contribution < 1.29 is 21.9 Å². The Hall–Kier alpha value is -3.54. The zero-order valence-corrected chi connectivity index (χ0v) is 24.8. The second kappa shape index (κ2) is 11.0. The monoisotopic (exact) mass is 586 g/mol. The number of aromatic nitrogens is 3. The van der Waals surface area contributed by atoms with E-state index in [0.717, 1.165) is 18.3 Å². The molecule has 2 aliphatic rings. The third-order valence-electron chi connectivity index (χ3n) is 7.80. The lowest BCUT2D eigenvalue weighted by Gasteiger charge is -2.44. The summed E-state index contributed by atoms with van der Waals surface area (Å²) in [6, 6.07) is 6.72. The highest BCUT2D eigenvalue weighted by atomic mass is 32.2. The summed E-state index contributed by atoms with van der Waals surface area (Å²) in [5.74, 6) is -0.535. The molecule has 4 heterocycles. The SMILES string of the molecule is CCC(C)N1CC(C)(C)Oc2c(F)cc(-c3nc(Nc4ccc(N5CCC(S(C)(=O)=O)CC5)cn4)ncc3F)cc21. The summed E-state index contributed by atoms with van der Waals surface area (Å²) in [7, 11) is -3.04. The van der Waals surface area contributed by atoms with E-state index in [1.54, 1.807) is 18.3 Å². The van der Waals surface area contributed by atoms with Gasteiger partial charge in [-0.05, 0) is 64.3 Å². The van der Waals surface area contributed by atoms with Gasteiger partial charge in [0.1, 0.15) is 27.0 Å². The quantitative estimate of drug-likeness (QED) is 0.393. The van der Waals surface area contributed by atoms with Crippen molar-refractivity contribution in [1.82, 2.24) is 15.0 Å². The van der Waals surface area contributed by atoms with Gasteiger partial charge in [0.15, 0.2) is 17.4 Å². The number of anilines is 4. The fraction of sp³-hybridized carbons (Fsp3) is 0.483. The molecule has 12 heteroatoms. The molecule has 0 aliphatic carbocycles. The van der Waals surface area contributed by atoms with E-state index in [0.29, 0.717) is 44.0 Å². The first kappa shape index (κ1) is 29.0. The van der Waals surface area contributed by atoms with Gasteiger partial charge in [0.25, 0.3) is 0 Å². The maximum Gasteiger partial charge on any atom is 0.229 e. The van der Waals surface area contributed by atoms with Gasteiger partial charge >= 0.3 is 0 Å². The van der Waals surface area contributed by atoms with Crippen molar-refractivity contribution in [1.29, 1.82) is 0 Å². The van der Waals surface area contributed by atoms with E-state index in [9.17, 15) is 12.8 Å². The fourth-order valence-corrected chi connectivity index (χ4v) is 6.45. The molecule has 9 nitrogen and oxygen atoms in total. The van der Waals surface area contributed by atoms with E-state index in [2.05, 4.69) is 43.9 Å². The zero-order chi connectivity index (χ0) is 29.5. The molecular formula is C29H36F2N6O3S. The van der Waals surface area contributed by atoms with Crippen LogP contribution >= 0.6 is 0 Å². The molecule has 1 unspecified atom stereocenters. The molecule has 1 aromatic carbocycles. The molecule has 2 aromatic heterocycles. The highest BCUT2D eigenvalue weighted by Gasteiger charge is 2.36. The molecular weight excluding hydrogens is 550 g/mol. The van der Waals surface area contributed by atoms with Gasteiger partial charge in [0.2, 0.25) is 5.95 Å². The largest absolute Gasteiger partial charge is 0.481 e. The first-order valence-corrected chi connectivity index (χ1v) is 15.8. The number of sulfone groups is 1. The predicted molar refractivity (Wildman–Crippen MR) is 157 cm³/mol. The molecule has 0 bridgehead atoms. The van der Waals surface area contributed by atoms with Crippen LogP contribution in [-0.2, 0) is 9.84 Å². The molecule has 0 amide bonds. The van der Waals surface area contributed by atoms with Gasteiger partial charge in [-0.1, -0.05) is 6.92 Å². The van der Waals surface area contributed by atoms with Crippen LogP contribution in [0.1, 0.15) is 47.0 Å². The lowest BCUT2D eigenvalue weighted by atomic mass is 10.00. The number of rotatable bonds is 7. The van der Waals surface area contributed by atoms with Crippen molar-refractivity contribution in [3.05, 3.63) is 48.3 Å². The lowest BCUT2D eigenvalue weighted by Crippen LogP contribution is -2.50. The van der Waals surface area contributed by atoms with Crippen LogP contribution in [0.5, 0.6) is 5.75 Å². The van der Waals surface area contributed by atoms with Gasteiger partial charge in [-0.15, -0.1) is 0 Å². The highest BCUT2D eigenvalue weighted by Crippen LogP contribution is 2.43. The first-order chi connectivity index (χ1) is 19.3. The molecule has 5 rings (SSSR count). The van der Waals surface area contributed by atoms with E-state index in [4.69, 9.17) is 4.74 Å². The smallest absolute Gasteiger partial charge is 0.229 e. The van der Waals surface area contributed by atoms with Gasteiger partial charge in [-0.2, -0.15) is 0 Å². The minimum Gasteiger partial charge on any atom is -0.481 e. The summed E-state index contributed by atoms with van der Waals surface area (Å²) < 4.78 is 60.0. The van der Waals surface area contributed by atoms with Gasteiger partial charge in [0.05, 0.1) is 35.6 Å². The maximum atomic E-state index is 15.4. The van der Waals surface area contributed by atoms with Crippen molar-refractivity contribution in [3.63, 3.8) is 0 Å². The minimum absolute atomic E-state index is 0.0384. The van der Waals surface area contributed by atoms with Crippen LogP contribution in [0.3, 0.4) is 0 Å². The number of pyridine rings is 1. The van der Waals surface area contributed by atoms with Crippen LogP contribution in [0.15, 0.2) is 36.7 Å². The number of ether oxygens (including phenoxy) is 1. The predicted octanol–water partition coefficient (Wildman–Crippen LogP) is 5.35. The molecule has 0 spiro atoms. The van der Waals surface area contributed by atoms with Crippen LogP contribution in [0.4, 0.5) is 31.9 Å². The molecule has 1 atom stereocenters. The van der Waals surface area contributed by atoms with E-state index in [-0.39, 0.29) is 34.2 Å². The summed E-state index contributed by atoms with van der Waals surface area (Å²) >= 11 is 0. The number of nitrogens with zero attached hydrogens (tertiary/aromatic N) is 5. The molecule has 1 saturated heterocycles. The van der Waals surface area contributed by atoms with Crippen molar-refractivity contribution >= 4 is 33.0 Å². The number of hydrogen-bond acceptors (Lipinski definition) is 9. The normalized spacial score (nSPS) is 18.0. The Bertz CT molecular complexity index is 1530.